The monoisotopic (exact) mass is 325 g/mol. The van der Waals surface area contributed by atoms with Crippen molar-refractivity contribution >= 4 is 29.2 Å². The minimum atomic E-state index is -0.494. The minimum absolute atomic E-state index is 0.0315. The van der Waals surface area contributed by atoms with E-state index < -0.39 is 10.7 Å². The lowest BCUT2D eigenvalue weighted by Crippen LogP contribution is -2.30. The highest BCUT2D eigenvalue weighted by atomic mass is 19.1. The van der Waals surface area contributed by atoms with Crippen LogP contribution in [0.5, 0.6) is 0 Å². The van der Waals surface area contributed by atoms with Gasteiger partial charge in [-0.05, 0) is 48.9 Å². The molecule has 7 heteroatoms. The zero-order valence-electron chi connectivity index (χ0n) is 12.6. The van der Waals surface area contributed by atoms with Crippen molar-refractivity contribution in [2.45, 2.75) is 6.92 Å². The van der Waals surface area contributed by atoms with E-state index in [0.29, 0.717) is 17.1 Å². The Morgan fingerprint density at radius 1 is 1.21 bits per heavy atom. The van der Waals surface area contributed by atoms with Gasteiger partial charge in [0.25, 0.3) is 11.6 Å². The van der Waals surface area contributed by atoms with Crippen LogP contribution in [0.2, 0.25) is 0 Å². The molecule has 0 unspecified atom stereocenters. The van der Waals surface area contributed by atoms with E-state index >= 15 is 0 Å². The maximum atomic E-state index is 13.4. The first kappa shape index (κ1) is 15.5. The standard InChI is InChI=1S/C17H12FN3O3/c1-11-19-16(9-12-5-7-14(8-6-12)21(23)24)17(22)20(11)15-4-2-3-13(18)10-15/h2-10H,1H3. The molecule has 6 nitrogen and oxygen atoms in total. The summed E-state index contributed by atoms with van der Waals surface area (Å²) in [5.74, 6) is -0.392. The second kappa shape index (κ2) is 6.04. The molecule has 2 aromatic carbocycles. The fourth-order valence-electron chi connectivity index (χ4n) is 2.40. The molecule has 120 valence electrons. The number of nitro benzene ring substituents is 1. The fourth-order valence-corrected chi connectivity index (χ4v) is 2.40. The van der Waals surface area contributed by atoms with Gasteiger partial charge >= 0.3 is 0 Å². The van der Waals surface area contributed by atoms with Gasteiger partial charge in [0, 0.05) is 12.1 Å². The Hall–Kier alpha value is -3.35. The number of benzene rings is 2. The number of carbonyl (C=O) groups excluding carboxylic acids is 1. The van der Waals surface area contributed by atoms with Crippen LogP contribution in [0.1, 0.15) is 12.5 Å². The molecule has 1 heterocycles. The number of rotatable bonds is 3. The lowest BCUT2D eigenvalue weighted by atomic mass is 10.1. The molecular formula is C17H12FN3O3. The molecule has 1 aliphatic rings. The van der Waals surface area contributed by atoms with Gasteiger partial charge in [-0.15, -0.1) is 0 Å². The normalized spacial score (nSPS) is 15.8. The van der Waals surface area contributed by atoms with Crippen LogP contribution in [0, 0.1) is 15.9 Å². The molecule has 0 fully saturated rings. The van der Waals surface area contributed by atoms with Crippen LogP contribution in [-0.4, -0.2) is 16.7 Å². The Kier molecular flexibility index (Phi) is 3.91. The van der Waals surface area contributed by atoms with Crippen molar-refractivity contribution in [3.8, 4) is 0 Å². The first-order valence-corrected chi connectivity index (χ1v) is 7.07. The van der Waals surface area contributed by atoms with Gasteiger partial charge in [-0.3, -0.25) is 19.8 Å². The van der Waals surface area contributed by atoms with Crippen molar-refractivity contribution in [1.82, 2.24) is 0 Å². The van der Waals surface area contributed by atoms with Crippen LogP contribution in [0.4, 0.5) is 15.8 Å². The number of carbonyl (C=O) groups is 1. The molecule has 0 bridgehead atoms. The van der Waals surface area contributed by atoms with E-state index in [-0.39, 0.29) is 17.3 Å². The summed E-state index contributed by atoms with van der Waals surface area (Å²) in [6.45, 7) is 1.65. The van der Waals surface area contributed by atoms with Crippen LogP contribution in [0.25, 0.3) is 6.08 Å². The Morgan fingerprint density at radius 3 is 2.54 bits per heavy atom. The topological polar surface area (TPSA) is 75.8 Å². The number of non-ortho nitro benzene ring substituents is 1. The van der Waals surface area contributed by atoms with E-state index in [4.69, 9.17) is 0 Å². The molecule has 0 aromatic heterocycles. The third-order valence-electron chi connectivity index (χ3n) is 3.50. The molecule has 1 aliphatic heterocycles. The molecule has 3 rings (SSSR count). The SMILES string of the molecule is CC1=NC(=Cc2ccc([N+](=O)[O-])cc2)C(=O)N1c1cccc(F)c1. The average molecular weight is 325 g/mol. The van der Waals surface area contributed by atoms with E-state index in [1.54, 1.807) is 13.0 Å². The Bertz CT molecular complexity index is 888. The Labute approximate surface area is 136 Å². The van der Waals surface area contributed by atoms with Gasteiger partial charge < -0.3 is 0 Å². The summed E-state index contributed by atoms with van der Waals surface area (Å²) >= 11 is 0. The zero-order chi connectivity index (χ0) is 17.3. The Morgan fingerprint density at radius 2 is 1.92 bits per heavy atom. The number of amides is 1. The van der Waals surface area contributed by atoms with E-state index in [9.17, 15) is 19.3 Å². The highest BCUT2D eigenvalue weighted by Gasteiger charge is 2.29. The molecule has 0 spiro atoms. The number of nitrogens with zero attached hydrogens (tertiary/aromatic N) is 3. The predicted molar refractivity (Wildman–Crippen MR) is 88.1 cm³/mol. The summed E-state index contributed by atoms with van der Waals surface area (Å²) in [7, 11) is 0. The summed E-state index contributed by atoms with van der Waals surface area (Å²) in [4.78, 5) is 28.2. The van der Waals surface area contributed by atoms with Gasteiger partial charge in [0.2, 0.25) is 0 Å². The summed E-state index contributed by atoms with van der Waals surface area (Å²) in [5.41, 5.74) is 1.16. The number of nitro groups is 1. The average Bonchev–Trinajstić information content (AvgIpc) is 2.82. The van der Waals surface area contributed by atoms with Crippen molar-refractivity contribution in [2.75, 3.05) is 4.90 Å². The Balaban J connectivity index is 1.91. The molecule has 0 saturated heterocycles. The second-order valence-corrected chi connectivity index (χ2v) is 5.16. The van der Waals surface area contributed by atoms with Crippen molar-refractivity contribution < 1.29 is 14.1 Å². The van der Waals surface area contributed by atoms with Crippen LogP contribution in [0.3, 0.4) is 0 Å². The van der Waals surface area contributed by atoms with Crippen LogP contribution in [0.15, 0.2) is 59.2 Å². The molecule has 1 amide bonds. The molecule has 0 aliphatic carbocycles. The maximum absolute atomic E-state index is 13.4. The summed E-state index contributed by atoms with van der Waals surface area (Å²) in [6.07, 6.45) is 1.54. The first-order chi connectivity index (χ1) is 11.5. The highest BCUT2D eigenvalue weighted by molar-refractivity contribution is 6.28. The number of halogens is 1. The largest absolute Gasteiger partial charge is 0.282 e. The smallest absolute Gasteiger partial charge is 0.266 e. The third kappa shape index (κ3) is 2.91. The molecule has 0 atom stereocenters. The summed E-state index contributed by atoms with van der Waals surface area (Å²) in [5, 5.41) is 10.7. The predicted octanol–water partition coefficient (Wildman–Crippen LogP) is 3.54. The van der Waals surface area contributed by atoms with Crippen LogP contribution >= 0.6 is 0 Å². The van der Waals surface area contributed by atoms with Crippen molar-refractivity contribution in [2.24, 2.45) is 4.99 Å². The van der Waals surface area contributed by atoms with Crippen molar-refractivity contribution in [3.63, 3.8) is 0 Å². The van der Waals surface area contributed by atoms with E-state index in [2.05, 4.69) is 4.99 Å². The number of anilines is 1. The van der Waals surface area contributed by atoms with Crippen LogP contribution in [-0.2, 0) is 4.79 Å². The molecule has 0 saturated carbocycles. The lowest BCUT2D eigenvalue weighted by molar-refractivity contribution is -0.384. The van der Waals surface area contributed by atoms with Crippen molar-refractivity contribution in [1.29, 1.82) is 0 Å². The van der Waals surface area contributed by atoms with Gasteiger partial charge in [0.1, 0.15) is 17.3 Å². The van der Waals surface area contributed by atoms with E-state index in [0.717, 1.165) is 0 Å². The minimum Gasteiger partial charge on any atom is -0.266 e. The molecule has 24 heavy (non-hydrogen) atoms. The first-order valence-electron chi connectivity index (χ1n) is 7.07. The van der Waals surface area contributed by atoms with Crippen molar-refractivity contribution in [3.05, 3.63) is 75.7 Å². The maximum Gasteiger partial charge on any atom is 0.282 e. The molecule has 2 aromatic rings. The summed E-state index contributed by atoms with van der Waals surface area (Å²) < 4.78 is 13.4. The van der Waals surface area contributed by atoms with Gasteiger partial charge in [0.15, 0.2) is 0 Å². The van der Waals surface area contributed by atoms with E-state index in [1.165, 1.54) is 53.4 Å². The van der Waals surface area contributed by atoms with Gasteiger partial charge in [-0.2, -0.15) is 0 Å². The number of hydrogen-bond donors (Lipinski definition) is 0. The van der Waals surface area contributed by atoms with Gasteiger partial charge in [-0.1, -0.05) is 6.07 Å². The number of hydrogen-bond acceptors (Lipinski definition) is 4. The highest BCUT2D eigenvalue weighted by Crippen LogP contribution is 2.25. The lowest BCUT2D eigenvalue weighted by Gasteiger charge is -2.15. The van der Waals surface area contributed by atoms with Gasteiger partial charge in [-0.25, -0.2) is 9.38 Å². The van der Waals surface area contributed by atoms with Crippen LogP contribution < -0.4 is 4.90 Å². The third-order valence-corrected chi connectivity index (χ3v) is 3.50. The number of amidine groups is 1. The molecular weight excluding hydrogens is 313 g/mol. The fraction of sp³-hybridized carbons (Fsp3) is 0.0588. The molecule has 0 radical (unpaired) electrons. The quantitative estimate of drug-likeness (QED) is 0.492. The van der Waals surface area contributed by atoms with E-state index in [1.807, 2.05) is 0 Å². The summed E-state index contributed by atoms with van der Waals surface area (Å²) in [6, 6.07) is 11.5. The zero-order valence-corrected chi connectivity index (χ0v) is 12.6. The molecule has 0 N–H and O–H groups in total. The number of aliphatic imine (C=N–C) groups is 1. The second-order valence-electron chi connectivity index (χ2n) is 5.16. The van der Waals surface area contributed by atoms with Gasteiger partial charge in [0.05, 0.1) is 10.6 Å².